The molecule has 7 nitrogen and oxygen atoms in total. The summed E-state index contributed by atoms with van der Waals surface area (Å²) in [4.78, 5) is 35.7. The van der Waals surface area contributed by atoms with E-state index in [9.17, 15) is 14.4 Å². The van der Waals surface area contributed by atoms with Gasteiger partial charge in [-0.3, -0.25) is 9.59 Å². The topological polar surface area (TPSA) is 105 Å². The molecule has 0 bridgehead atoms. The lowest BCUT2D eigenvalue weighted by Gasteiger charge is -2.18. The third kappa shape index (κ3) is 5.58. The van der Waals surface area contributed by atoms with Crippen LogP contribution in [0.5, 0.6) is 0 Å². The Morgan fingerprint density at radius 3 is 2.29 bits per heavy atom. The van der Waals surface area contributed by atoms with Crippen molar-refractivity contribution in [3.63, 3.8) is 0 Å². The molecule has 4 rings (SSSR count). The Balaban J connectivity index is 1.24. The lowest BCUT2D eigenvalue weighted by Crippen LogP contribution is -2.37. The average molecular weight is 465 g/mol. The summed E-state index contributed by atoms with van der Waals surface area (Å²) < 4.78 is 5.64. The molecule has 2 aliphatic carbocycles. The number of hydrogen-bond acceptors (Lipinski definition) is 4. The van der Waals surface area contributed by atoms with Gasteiger partial charge in [-0.05, 0) is 53.9 Å². The number of nitrogens with one attached hydrogen (secondary N) is 2. The van der Waals surface area contributed by atoms with Gasteiger partial charge < -0.3 is 20.5 Å². The number of carboxylic acid groups (broad SMARTS) is 1. The minimum Gasteiger partial charge on any atom is -0.481 e. The van der Waals surface area contributed by atoms with Crippen LogP contribution >= 0.6 is 0 Å². The predicted octanol–water partition coefficient (Wildman–Crippen LogP) is 4.45. The summed E-state index contributed by atoms with van der Waals surface area (Å²) in [5.41, 5.74) is 4.74. The highest BCUT2D eigenvalue weighted by Crippen LogP contribution is 2.44. The molecule has 0 saturated heterocycles. The van der Waals surface area contributed by atoms with Gasteiger partial charge in [-0.2, -0.15) is 0 Å². The number of rotatable bonds is 9. The Morgan fingerprint density at radius 2 is 1.68 bits per heavy atom. The first-order valence-electron chi connectivity index (χ1n) is 12.1. The van der Waals surface area contributed by atoms with Crippen molar-refractivity contribution in [1.29, 1.82) is 0 Å². The molecule has 0 heterocycles. The van der Waals surface area contributed by atoms with Gasteiger partial charge in [-0.15, -0.1) is 0 Å². The first-order valence-corrected chi connectivity index (χ1v) is 12.1. The van der Waals surface area contributed by atoms with E-state index in [1.807, 2.05) is 31.2 Å². The lowest BCUT2D eigenvalue weighted by atomic mass is 9.98. The third-order valence-corrected chi connectivity index (χ3v) is 6.96. The van der Waals surface area contributed by atoms with Crippen LogP contribution in [0.3, 0.4) is 0 Å². The number of ether oxygens (including phenoxy) is 1. The monoisotopic (exact) mass is 464 g/mol. The summed E-state index contributed by atoms with van der Waals surface area (Å²) in [6.07, 6.45) is 2.79. The van der Waals surface area contributed by atoms with Crippen LogP contribution in [0.4, 0.5) is 4.79 Å². The van der Waals surface area contributed by atoms with Gasteiger partial charge in [0.2, 0.25) is 5.91 Å². The smallest absolute Gasteiger partial charge is 0.407 e. The molecule has 2 aliphatic rings. The van der Waals surface area contributed by atoms with Crippen LogP contribution in [-0.2, 0) is 14.3 Å². The molecule has 34 heavy (non-hydrogen) atoms. The van der Waals surface area contributed by atoms with E-state index in [1.54, 1.807) is 0 Å². The largest absolute Gasteiger partial charge is 0.481 e. The molecule has 3 unspecified atom stereocenters. The highest BCUT2D eigenvalue weighted by Gasteiger charge is 2.31. The minimum atomic E-state index is -0.916. The molecule has 0 aromatic heterocycles. The van der Waals surface area contributed by atoms with Crippen LogP contribution in [0.2, 0.25) is 0 Å². The standard InChI is InChI=1S/C27H32N2O5/c1-2-18(15-26(31)32)28-25(30)14-17-11-12-19(13-17)29-27(33)34-16-24-22-9-5-3-7-20(22)21-8-4-6-10-23(21)24/h3-10,17-19,24H,2,11-16H2,1H3,(H,28,30)(H,29,33)(H,31,32). The van der Waals surface area contributed by atoms with E-state index in [-0.39, 0.29) is 42.9 Å². The Bertz CT molecular complexity index is 1010. The molecule has 3 N–H and O–H groups in total. The highest BCUT2D eigenvalue weighted by atomic mass is 16.5. The Kier molecular flexibility index (Phi) is 7.50. The molecule has 0 radical (unpaired) electrons. The summed E-state index contributed by atoms with van der Waals surface area (Å²) in [5.74, 6) is -0.850. The van der Waals surface area contributed by atoms with Crippen LogP contribution in [0.1, 0.15) is 62.5 Å². The van der Waals surface area contributed by atoms with Crippen molar-refractivity contribution in [1.82, 2.24) is 10.6 Å². The van der Waals surface area contributed by atoms with Crippen LogP contribution in [0, 0.1) is 5.92 Å². The zero-order chi connectivity index (χ0) is 24.1. The summed E-state index contributed by atoms with van der Waals surface area (Å²) in [7, 11) is 0. The molecule has 1 saturated carbocycles. The third-order valence-electron chi connectivity index (χ3n) is 6.96. The minimum absolute atomic E-state index is 0.0190. The second kappa shape index (κ2) is 10.7. The quantitative estimate of drug-likeness (QED) is 0.508. The van der Waals surface area contributed by atoms with Gasteiger partial charge in [0, 0.05) is 24.4 Å². The maximum Gasteiger partial charge on any atom is 0.407 e. The fraction of sp³-hybridized carbons (Fsp3) is 0.444. The first-order chi connectivity index (χ1) is 16.4. The van der Waals surface area contributed by atoms with E-state index in [1.165, 1.54) is 22.3 Å². The number of benzene rings is 2. The lowest BCUT2D eigenvalue weighted by molar-refractivity contribution is -0.137. The molecule has 1 fully saturated rings. The molecule has 2 aromatic rings. The normalized spacial score (nSPS) is 19.7. The number of amides is 2. The van der Waals surface area contributed by atoms with E-state index in [0.717, 1.165) is 12.8 Å². The van der Waals surface area contributed by atoms with Gasteiger partial charge >= 0.3 is 12.1 Å². The van der Waals surface area contributed by atoms with Crippen molar-refractivity contribution in [2.24, 2.45) is 5.92 Å². The van der Waals surface area contributed by atoms with E-state index in [4.69, 9.17) is 9.84 Å². The number of carbonyl (C=O) groups excluding carboxylic acids is 2. The predicted molar refractivity (Wildman–Crippen MR) is 128 cm³/mol. The Morgan fingerprint density at radius 1 is 1.03 bits per heavy atom. The maximum atomic E-state index is 12.5. The number of hydrogen-bond donors (Lipinski definition) is 3. The fourth-order valence-corrected chi connectivity index (χ4v) is 5.26. The van der Waals surface area contributed by atoms with E-state index in [0.29, 0.717) is 19.3 Å². The van der Waals surface area contributed by atoms with Crippen molar-refractivity contribution in [2.45, 2.75) is 63.5 Å². The van der Waals surface area contributed by atoms with E-state index < -0.39 is 12.1 Å². The Labute approximate surface area is 199 Å². The second-order valence-electron chi connectivity index (χ2n) is 9.32. The fourth-order valence-electron chi connectivity index (χ4n) is 5.26. The van der Waals surface area contributed by atoms with E-state index in [2.05, 4.69) is 34.9 Å². The van der Waals surface area contributed by atoms with Gasteiger partial charge in [0.1, 0.15) is 6.61 Å². The first kappa shape index (κ1) is 23.8. The SMILES string of the molecule is CCC(CC(=O)O)NC(=O)CC1CCC(NC(=O)OCC2c3ccccc3-c3ccccc32)C1. The zero-order valence-electron chi connectivity index (χ0n) is 19.5. The van der Waals surface area contributed by atoms with E-state index >= 15 is 0 Å². The van der Waals surface area contributed by atoms with Crippen molar-refractivity contribution in [3.8, 4) is 11.1 Å². The van der Waals surface area contributed by atoms with Gasteiger partial charge in [0.05, 0.1) is 6.42 Å². The summed E-state index contributed by atoms with van der Waals surface area (Å²) in [6.45, 7) is 2.14. The Hall–Kier alpha value is -3.35. The van der Waals surface area contributed by atoms with Crippen LogP contribution in [-0.4, -0.2) is 41.8 Å². The van der Waals surface area contributed by atoms with Gasteiger partial charge in [-0.1, -0.05) is 55.5 Å². The van der Waals surface area contributed by atoms with Gasteiger partial charge in [0.25, 0.3) is 0 Å². The van der Waals surface area contributed by atoms with Gasteiger partial charge in [0.15, 0.2) is 0 Å². The van der Waals surface area contributed by atoms with Crippen LogP contribution in [0.15, 0.2) is 48.5 Å². The van der Waals surface area contributed by atoms with Gasteiger partial charge in [-0.25, -0.2) is 4.79 Å². The number of alkyl carbamates (subject to hydrolysis) is 1. The molecule has 2 aromatic carbocycles. The molecule has 2 amide bonds. The molecule has 180 valence electrons. The molecule has 0 spiro atoms. The molecule has 3 atom stereocenters. The van der Waals surface area contributed by atoms with Crippen LogP contribution < -0.4 is 10.6 Å². The molecular formula is C27H32N2O5. The number of carboxylic acids is 1. The summed E-state index contributed by atoms with van der Waals surface area (Å²) in [5, 5.41) is 14.7. The van der Waals surface area contributed by atoms with Crippen molar-refractivity contribution >= 4 is 18.0 Å². The van der Waals surface area contributed by atoms with Crippen molar-refractivity contribution in [3.05, 3.63) is 59.7 Å². The molecular weight excluding hydrogens is 432 g/mol. The summed E-state index contributed by atoms with van der Waals surface area (Å²) in [6, 6.07) is 16.1. The number of carbonyl (C=O) groups is 3. The maximum absolute atomic E-state index is 12.5. The number of fused-ring (bicyclic) bond motifs is 3. The average Bonchev–Trinajstić information content (AvgIpc) is 3.38. The summed E-state index contributed by atoms with van der Waals surface area (Å²) >= 11 is 0. The second-order valence-corrected chi connectivity index (χ2v) is 9.32. The van der Waals surface area contributed by atoms with Crippen molar-refractivity contribution in [2.75, 3.05) is 6.61 Å². The zero-order valence-corrected chi connectivity index (χ0v) is 19.5. The van der Waals surface area contributed by atoms with Crippen molar-refractivity contribution < 1.29 is 24.2 Å². The highest BCUT2D eigenvalue weighted by molar-refractivity contribution is 5.79. The molecule has 0 aliphatic heterocycles. The van der Waals surface area contributed by atoms with Crippen LogP contribution in [0.25, 0.3) is 11.1 Å². The molecule has 7 heteroatoms. The number of aliphatic carboxylic acids is 1.